The van der Waals surface area contributed by atoms with Crippen LogP contribution in [0.4, 0.5) is 0 Å². The van der Waals surface area contributed by atoms with Crippen LogP contribution in [-0.4, -0.2) is 34.4 Å². The van der Waals surface area contributed by atoms with Crippen LogP contribution < -0.4 is 5.73 Å². The number of carbonyl (C=O) groups excluding carboxylic acids is 1. The van der Waals surface area contributed by atoms with Crippen LogP contribution in [-0.2, 0) is 4.79 Å². The SMILES string of the molecule is CC(C(=O)N(CC/C(N)=N/O)C(C)C)c1ccccc1. The van der Waals surface area contributed by atoms with Gasteiger partial charge >= 0.3 is 0 Å². The number of rotatable bonds is 6. The Bertz CT molecular complexity index is 457. The van der Waals surface area contributed by atoms with Crippen molar-refractivity contribution >= 4 is 11.7 Å². The molecule has 20 heavy (non-hydrogen) atoms. The Morgan fingerprint density at radius 2 is 1.90 bits per heavy atom. The molecule has 1 rings (SSSR count). The summed E-state index contributed by atoms with van der Waals surface area (Å²) in [5.74, 6) is -0.0151. The van der Waals surface area contributed by atoms with Gasteiger partial charge in [0.25, 0.3) is 0 Å². The molecule has 0 spiro atoms. The van der Waals surface area contributed by atoms with Gasteiger partial charge in [0.05, 0.1) is 5.92 Å². The van der Waals surface area contributed by atoms with E-state index in [2.05, 4.69) is 5.16 Å². The van der Waals surface area contributed by atoms with Gasteiger partial charge in [-0.15, -0.1) is 0 Å². The Morgan fingerprint density at radius 3 is 2.40 bits per heavy atom. The van der Waals surface area contributed by atoms with Gasteiger partial charge in [-0.25, -0.2) is 0 Å². The number of carbonyl (C=O) groups is 1. The van der Waals surface area contributed by atoms with Gasteiger partial charge in [0.2, 0.25) is 5.91 Å². The highest BCUT2D eigenvalue weighted by molar-refractivity contribution is 5.85. The zero-order chi connectivity index (χ0) is 15.1. The van der Waals surface area contributed by atoms with Crippen molar-refractivity contribution in [3.63, 3.8) is 0 Å². The normalized spacial score (nSPS) is 13.3. The lowest BCUT2D eigenvalue weighted by atomic mass is 9.99. The van der Waals surface area contributed by atoms with E-state index in [1.165, 1.54) is 0 Å². The van der Waals surface area contributed by atoms with Gasteiger partial charge in [-0.1, -0.05) is 35.5 Å². The fraction of sp³-hybridized carbons (Fsp3) is 0.467. The maximum atomic E-state index is 12.6. The summed E-state index contributed by atoms with van der Waals surface area (Å²) in [6, 6.07) is 9.75. The molecule has 1 unspecified atom stereocenters. The molecule has 1 aromatic rings. The molecule has 1 aromatic carbocycles. The molecule has 5 nitrogen and oxygen atoms in total. The molecule has 0 fully saturated rings. The first-order chi connectivity index (χ1) is 9.47. The lowest BCUT2D eigenvalue weighted by molar-refractivity contribution is -0.134. The Morgan fingerprint density at radius 1 is 1.30 bits per heavy atom. The van der Waals surface area contributed by atoms with Crippen LogP contribution in [0.1, 0.15) is 38.7 Å². The second kappa shape index (κ2) is 7.53. The van der Waals surface area contributed by atoms with Crippen LogP contribution >= 0.6 is 0 Å². The van der Waals surface area contributed by atoms with Gasteiger partial charge in [0.15, 0.2) is 0 Å². The van der Waals surface area contributed by atoms with Gasteiger partial charge in [-0.2, -0.15) is 0 Å². The number of benzene rings is 1. The average molecular weight is 277 g/mol. The summed E-state index contributed by atoms with van der Waals surface area (Å²) in [5.41, 5.74) is 6.46. The minimum absolute atomic E-state index is 0.0527. The monoisotopic (exact) mass is 277 g/mol. The lowest BCUT2D eigenvalue weighted by Crippen LogP contribution is -2.41. The first kappa shape index (κ1) is 16.0. The molecule has 0 aliphatic carbocycles. The van der Waals surface area contributed by atoms with Crippen LogP contribution in [0.15, 0.2) is 35.5 Å². The maximum Gasteiger partial charge on any atom is 0.230 e. The van der Waals surface area contributed by atoms with Gasteiger partial charge in [-0.3, -0.25) is 4.79 Å². The highest BCUT2D eigenvalue weighted by Crippen LogP contribution is 2.19. The number of nitrogens with zero attached hydrogens (tertiary/aromatic N) is 2. The van der Waals surface area contributed by atoms with E-state index in [9.17, 15) is 4.79 Å². The van der Waals surface area contributed by atoms with Crippen molar-refractivity contribution < 1.29 is 10.0 Å². The predicted octanol–water partition coefficient (Wildman–Crippen LogP) is 2.16. The molecule has 0 saturated carbocycles. The summed E-state index contributed by atoms with van der Waals surface area (Å²) in [4.78, 5) is 14.3. The summed E-state index contributed by atoms with van der Waals surface area (Å²) < 4.78 is 0. The van der Waals surface area contributed by atoms with Gasteiger partial charge < -0.3 is 15.8 Å². The molecule has 0 heterocycles. The Labute approximate surface area is 120 Å². The standard InChI is InChI=1S/C15H23N3O2/c1-11(2)18(10-9-14(16)17-20)15(19)12(3)13-7-5-4-6-8-13/h4-8,11-12,20H,9-10H2,1-3H3,(H2,16,17). The first-order valence-corrected chi connectivity index (χ1v) is 6.79. The number of hydrogen-bond donors (Lipinski definition) is 2. The summed E-state index contributed by atoms with van der Waals surface area (Å²) in [7, 11) is 0. The largest absolute Gasteiger partial charge is 0.409 e. The van der Waals surface area contributed by atoms with Crippen LogP contribution in [0.3, 0.4) is 0 Å². The number of nitrogens with two attached hydrogens (primary N) is 1. The highest BCUT2D eigenvalue weighted by Gasteiger charge is 2.23. The van der Waals surface area contributed by atoms with Crippen LogP contribution in [0.25, 0.3) is 0 Å². The summed E-state index contributed by atoms with van der Waals surface area (Å²) in [5, 5.41) is 11.5. The van der Waals surface area contributed by atoms with Crippen molar-refractivity contribution in [1.29, 1.82) is 0 Å². The third-order valence-corrected chi connectivity index (χ3v) is 3.31. The topological polar surface area (TPSA) is 78.9 Å². The zero-order valence-electron chi connectivity index (χ0n) is 12.3. The number of oxime groups is 1. The molecule has 0 saturated heterocycles. The third kappa shape index (κ3) is 4.26. The van der Waals surface area contributed by atoms with Crippen LogP contribution in [0.5, 0.6) is 0 Å². The molecule has 5 heteroatoms. The van der Waals surface area contributed by atoms with Gasteiger partial charge in [0.1, 0.15) is 5.84 Å². The molecular formula is C15H23N3O2. The highest BCUT2D eigenvalue weighted by atomic mass is 16.4. The maximum absolute atomic E-state index is 12.6. The van der Waals surface area contributed by atoms with Crippen LogP contribution in [0.2, 0.25) is 0 Å². The predicted molar refractivity (Wildman–Crippen MR) is 79.7 cm³/mol. The van der Waals surface area contributed by atoms with Crippen molar-refractivity contribution in [3.05, 3.63) is 35.9 Å². The van der Waals surface area contributed by atoms with E-state index < -0.39 is 0 Å². The number of amidine groups is 1. The van der Waals surface area contributed by atoms with E-state index in [1.54, 1.807) is 4.90 Å². The second-order valence-corrected chi connectivity index (χ2v) is 5.10. The minimum atomic E-state index is -0.203. The smallest absolute Gasteiger partial charge is 0.230 e. The number of amides is 1. The van der Waals surface area contributed by atoms with E-state index in [0.29, 0.717) is 13.0 Å². The lowest BCUT2D eigenvalue weighted by Gasteiger charge is -2.29. The van der Waals surface area contributed by atoms with E-state index in [0.717, 1.165) is 5.56 Å². The molecule has 3 N–H and O–H groups in total. The van der Waals surface area contributed by atoms with Crippen molar-refractivity contribution in [2.45, 2.75) is 39.2 Å². The molecule has 0 aromatic heterocycles. The summed E-state index contributed by atoms with van der Waals surface area (Å²) >= 11 is 0. The molecule has 0 bridgehead atoms. The molecular weight excluding hydrogens is 254 g/mol. The molecule has 1 atom stereocenters. The number of hydrogen-bond acceptors (Lipinski definition) is 3. The third-order valence-electron chi connectivity index (χ3n) is 3.31. The van der Waals surface area contributed by atoms with Crippen molar-refractivity contribution in [2.24, 2.45) is 10.9 Å². The molecule has 0 aliphatic heterocycles. The molecule has 0 radical (unpaired) electrons. The Balaban J connectivity index is 2.78. The Hall–Kier alpha value is -2.04. The van der Waals surface area contributed by atoms with E-state index >= 15 is 0 Å². The van der Waals surface area contributed by atoms with Crippen molar-refractivity contribution in [1.82, 2.24) is 4.90 Å². The fourth-order valence-corrected chi connectivity index (χ4v) is 2.04. The van der Waals surface area contributed by atoms with Gasteiger partial charge in [-0.05, 0) is 26.3 Å². The quantitative estimate of drug-likeness (QED) is 0.362. The van der Waals surface area contributed by atoms with E-state index in [1.807, 2.05) is 51.1 Å². The van der Waals surface area contributed by atoms with E-state index in [-0.39, 0.29) is 23.7 Å². The molecule has 110 valence electrons. The van der Waals surface area contributed by atoms with Gasteiger partial charge in [0, 0.05) is 19.0 Å². The van der Waals surface area contributed by atoms with Crippen molar-refractivity contribution in [2.75, 3.05) is 6.54 Å². The molecule has 0 aliphatic rings. The summed E-state index contributed by atoms with van der Waals surface area (Å²) in [6.45, 7) is 6.27. The van der Waals surface area contributed by atoms with Crippen molar-refractivity contribution in [3.8, 4) is 0 Å². The average Bonchev–Trinajstić information content (AvgIpc) is 2.46. The van der Waals surface area contributed by atoms with Crippen LogP contribution in [0, 0.1) is 0 Å². The zero-order valence-corrected chi connectivity index (χ0v) is 12.3. The minimum Gasteiger partial charge on any atom is -0.409 e. The Kier molecular flexibility index (Phi) is 6.03. The first-order valence-electron chi connectivity index (χ1n) is 6.79. The summed E-state index contributed by atoms with van der Waals surface area (Å²) in [6.07, 6.45) is 0.363. The van der Waals surface area contributed by atoms with E-state index in [4.69, 9.17) is 10.9 Å². The second-order valence-electron chi connectivity index (χ2n) is 5.10. The fourth-order valence-electron chi connectivity index (χ4n) is 2.04. The molecule has 1 amide bonds.